The van der Waals surface area contributed by atoms with Crippen LogP contribution in [0.15, 0.2) is 24.3 Å². The molecular weight excluding hydrogens is 120 g/mol. The Morgan fingerprint density at radius 1 is 1.50 bits per heavy atom. The van der Waals surface area contributed by atoms with Crippen molar-refractivity contribution in [3.63, 3.8) is 0 Å². The summed E-state index contributed by atoms with van der Waals surface area (Å²) in [6.45, 7) is 10.3. The average Bonchev–Trinajstić information content (AvgIpc) is 1.87. The Morgan fingerprint density at radius 2 is 2.10 bits per heavy atom. The van der Waals surface area contributed by atoms with Crippen LogP contribution in [-0.2, 0) is 0 Å². The monoisotopic (exact) mass is 138 g/mol. The van der Waals surface area contributed by atoms with Gasteiger partial charge in [0, 0.05) is 0 Å². The molecule has 0 bridgehead atoms. The van der Waals surface area contributed by atoms with E-state index in [2.05, 4.69) is 33.4 Å². The normalized spacial score (nSPS) is 12.2. The van der Waals surface area contributed by atoms with Crippen LogP contribution in [0, 0.1) is 5.92 Å². The lowest BCUT2D eigenvalue weighted by molar-refractivity contribution is 0.593. The molecule has 0 unspecified atom stereocenters. The highest BCUT2D eigenvalue weighted by Crippen LogP contribution is 2.06. The third kappa shape index (κ3) is 5.61. The van der Waals surface area contributed by atoms with E-state index in [1.54, 1.807) is 0 Å². The summed E-state index contributed by atoms with van der Waals surface area (Å²) in [5.41, 5.74) is 1.29. The van der Waals surface area contributed by atoms with E-state index in [0.717, 1.165) is 5.92 Å². The molecule has 0 N–H and O–H groups in total. The average molecular weight is 138 g/mol. The van der Waals surface area contributed by atoms with E-state index in [9.17, 15) is 0 Å². The van der Waals surface area contributed by atoms with Crippen LogP contribution in [-0.4, -0.2) is 0 Å². The molecule has 0 saturated heterocycles. The summed E-state index contributed by atoms with van der Waals surface area (Å²) in [6, 6.07) is 0. The maximum Gasteiger partial charge on any atom is -0.0343 e. The van der Waals surface area contributed by atoms with Crippen molar-refractivity contribution in [1.82, 2.24) is 0 Å². The Bertz CT molecular complexity index is 118. The maximum atomic E-state index is 3.69. The molecule has 0 amide bonds. The minimum Gasteiger partial charge on any atom is -0.0988 e. The van der Waals surface area contributed by atoms with Crippen LogP contribution in [0.2, 0.25) is 0 Å². The van der Waals surface area contributed by atoms with Crippen molar-refractivity contribution in [1.29, 1.82) is 0 Å². The molecule has 0 rings (SSSR count). The summed E-state index contributed by atoms with van der Waals surface area (Å²) >= 11 is 0. The molecule has 0 heteroatoms. The molecule has 0 aromatic carbocycles. The van der Waals surface area contributed by atoms with Crippen LogP contribution < -0.4 is 0 Å². The van der Waals surface area contributed by atoms with Gasteiger partial charge < -0.3 is 0 Å². The Hall–Kier alpha value is -0.520. The van der Waals surface area contributed by atoms with Gasteiger partial charge in [0.1, 0.15) is 0 Å². The lowest BCUT2D eigenvalue weighted by atomic mass is 10.1. The zero-order valence-electron chi connectivity index (χ0n) is 7.35. The maximum absolute atomic E-state index is 3.69. The Balaban J connectivity index is 3.43. The van der Waals surface area contributed by atoms with Crippen LogP contribution in [0.1, 0.15) is 33.6 Å². The molecule has 0 saturated carbocycles. The summed E-state index contributed by atoms with van der Waals surface area (Å²) in [6.07, 6.45) is 6.62. The molecule has 0 radical (unpaired) electrons. The lowest BCUT2D eigenvalue weighted by Gasteiger charge is -1.99. The van der Waals surface area contributed by atoms with Gasteiger partial charge in [0.2, 0.25) is 0 Å². The van der Waals surface area contributed by atoms with Gasteiger partial charge in [-0.05, 0) is 25.7 Å². The highest BCUT2D eigenvalue weighted by atomic mass is 14.0. The molecule has 0 nitrogen and oxygen atoms in total. The van der Waals surface area contributed by atoms with Crippen molar-refractivity contribution >= 4 is 0 Å². The predicted molar refractivity (Wildman–Crippen MR) is 48.0 cm³/mol. The molecule has 0 spiro atoms. The zero-order valence-corrected chi connectivity index (χ0v) is 7.35. The van der Waals surface area contributed by atoms with Crippen LogP contribution in [0.4, 0.5) is 0 Å². The molecule has 58 valence electrons. The van der Waals surface area contributed by atoms with Gasteiger partial charge in [0.15, 0.2) is 0 Å². The van der Waals surface area contributed by atoms with E-state index in [0.29, 0.717) is 0 Å². The third-order valence-corrected chi connectivity index (χ3v) is 1.53. The molecule has 0 fully saturated rings. The van der Waals surface area contributed by atoms with E-state index < -0.39 is 0 Å². The van der Waals surface area contributed by atoms with Gasteiger partial charge in [-0.25, -0.2) is 0 Å². The van der Waals surface area contributed by atoms with E-state index >= 15 is 0 Å². The van der Waals surface area contributed by atoms with Crippen LogP contribution in [0.25, 0.3) is 0 Å². The van der Waals surface area contributed by atoms with Gasteiger partial charge in [-0.2, -0.15) is 0 Å². The minimum atomic E-state index is 0.814. The summed E-state index contributed by atoms with van der Waals surface area (Å²) < 4.78 is 0. The van der Waals surface area contributed by atoms with Gasteiger partial charge in [-0.1, -0.05) is 38.2 Å². The standard InChI is InChI=1S/C10H18/c1-5-10(4)8-6-7-9(2)3/h5,8-9H,1,6-7H2,2-4H3/b10-8-. The largest absolute Gasteiger partial charge is 0.0988 e. The SMILES string of the molecule is C=C/C(C)=C\CCC(C)C. The van der Waals surface area contributed by atoms with Crippen molar-refractivity contribution in [2.75, 3.05) is 0 Å². The van der Waals surface area contributed by atoms with Gasteiger partial charge in [0.25, 0.3) is 0 Å². The van der Waals surface area contributed by atoms with Gasteiger partial charge in [-0.3, -0.25) is 0 Å². The highest BCUT2D eigenvalue weighted by Gasteiger charge is 1.89. The molecule has 0 aliphatic carbocycles. The first-order valence-electron chi connectivity index (χ1n) is 3.96. The molecule has 0 aliphatic rings. The quantitative estimate of drug-likeness (QED) is 0.521. The van der Waals surface area contributed by atoms with E-state index in [1.807, 2.05) is 6.08 Å². The zero-order chi connectivity index (χ0) is 7.98. The summed E-state index contributed by atoms with van der Waals surface area (Å²) in [5, 5.41) is 0. The summed E-state index contributed by atoms with van der Waals surface area (Å²) in [5.74, 6) is 0.814. The Kier molecular flexibility index (Phi) is 5.00. The smallest absolute Gasteiger partial charge is 0.0343 e. The van der Waals surface area contributed by atoms with Crippen molar-refractivity contribution in [2.45, 2.75) is 33.6 Å². The second-order valence-electron chi connectivity index (χ2n) is 3.12. The van der Waals surface area contributed by atoms with E-state index in [4.69, 9.17) is 0 Å². The van der Waals surface area contributed by atoms with E-state index in [-0.39, 0.29) is 0 Å². The fraction of sp³-hybridized carbons (Fsp3) is 0.600. The predicted octanol–water partition coefficient (Wildman–Crippen LogP) is 3.55. The van der Waals surface area contributed by atoms with Crippen LogP contribution >= 0.6 is 0 Å². The fourth-order valence-electron chi connectivity index (χ4n) is 0.728. The van der Waals surface area contributed by atoms with E-state index in [1.165, 1.54) is 18.4 Å². The highest BCUT2D eigenvalue weighted by molar-refractivity contribution is 5.12. The van der Waals surface area contributed by atoms with Crippen LogP contribution in [0.5, 0.6) is 0 Å². The number of hydrogen-bond acceptors (Lipinski definition) is 0. The van der Waals surface area contributed by atoms with Crippen molar-refractivity contribution < 1.29 is 0 Å². The molecule has 0 atom stereocenters. The summed E-state index contributed by atoms with van der Waals surface area (Å²) in [7, 11) is 0. The number of allylic oxidation sites excluding steroid dienone is 3. The van der Waals surface area contributed by atoms with Gasteiger partial charge in [-0.15, -0.1) is 0 Å². The van der Waals surface area contributed by atoms with Gasteiger partial charge >= 0.3 is 0 Å². The van der Waals surface area contributed by atoms with Gasteiger partial charge in [0.05, 0.1) is 0 Å². The molecule has 0 aliphatic heterocycles. The first-order valence-corrected chi connectivity index (χ1v) is 3.96. The molecule has 0 heterocycles. The molecule has 0 aromatic heterocycles. The van der Waals surface area contributed by atoms with Crippen LogP contribution in [0.3, 0.4) is 0 Å². The number of hydrogen-bond donors (Lipinski definition) is 0. The molecule has 0 aromatic rings. The van der Waals surface area contributed by atoms with Crippen molar-refractivity contribution in [2.24, 2.45) is 5.92 Å². The summed E-state index contributed by atoms with van der Waals surface area (Å²) in [4.78, 5) is 0. The molecular formula is C10H18. The lowest BCUT2D eigenvalue weighted by Crippen LogP contribution is -1.84. The van der Waals surface area contributed by atoms with Crippen molar-refractivity contribution in [3.05, 3.63) is 24.3 Å². The fourth-order valence-corrected chi connectivity index (χ4v) is 0.728. The second kappa shape index (κ2) is 5.28. The third-order valence-electron chi connectivity index (χ3n) is 1.53. The van der Waals surface area contributed by atoms with Crippen molar-refractivity contribution in [3.8, 4) is 0 Å². The number of rotatable bonds is 4. The molecule has 10 heavy (non-hydrogen) atoms. The topological polar surface area (TPSA) is 0 Å². The first-order chi connectivity index (χ1) is 4.66. The Labute approximate surface area is 64.6 Å². The minimum absolute atomic E-state index is 0.814. The Morgan fingerprint density at radius 3 is 2.50 bits per heavy atom. The second-order valence-corrected chi connectivity index (χ2v) is 3.12. The first kappa shape index (κ1) is 9.48.